The average molecular weight is 261 g/mol. The monoisotopic (exact) mass is 261 g/mol. The van der Waals surface area contributed by atoms with E-state index in [2.05, 4.69) is 77.2 Å². The summed E-state index contributed by atoms with van der Waals surface area (Å²) in [4.78, 5) is 0. The van der Waals surface area contributed by atoms with Crippen LogP contribution in [-0.4, -0.2) is 6.54 Å². The lowest BCUT2D eigenvalue weighted by Crippen LogP contribution is -2.34. The Morgan fingerprint density at radius 3 is 1.74 bits per heavy atom. The quantitative estimate of drug-likeness (QED) is 0.736. The van der Waals surface area contributed by atoms with Gasteiger partial charge < -0.3 is 5.32 Å². The third kappa shape index (κ3) is 4.99. The smallest absolute Gasteiger partial charge is 0.0343 e. The summed E-state index contributed by atoms with van der Waals surface area (Å²) in [6, 6.07) is 11.3. The van der Waals surface area contributed by atoms with Gasteiger partial charge in [-0.15, -0.1) is 0 Å². The SMILES string of the molecule is CC(C)C(NCC(C(C)C)C(C)C)c1ccccc1. The fraction of sp³-hybridized carbons (Fsp3) is 0.667. The molecule has 0 spiro atoms. The number of hydrogen-bond acceptors (Lipinski definition) is 1. The minimum atomic E-state index is 0.459. The molecule has 1 rings (SSSR count). The highest BCUT2D eigenvalue weighted by Gasteiger charge is 2.21. The summed E-state index contributed by atoms with van der Waals surface area (Å²) < 4.78 is 0. The van der Waals surface area contributed by atoms with E-state index in [1.165, 1.54) is 5.56 Å². The zero-order chi connectivity index (χ0) is 14.4. The van der Waals surface area contributed by atoms with E-state index in [0.29, 0.717) is 12.0 Å². The Kier molecular flexibility index (Phi) is 6.57. The van der Waals surface area contributed by atoms with Gasteiger partial charge in [0.05, 0.1) is 0 Å². The minimum Gasteiger partial charge on any atom is -0.309 e. The average Bonchev–Trinajstić information content (AvgIpc) is 2.34. The van der Waals surface area contributed by atoms with E-state index in [4.69, 9.17) is 0 Å². The molecule has 0 bridgehead atoms. The topological polar surface area (TPSA) is 12.0 Å². The number of nitrogens with one attached hydrogen (secondary N) is 1. The van der Waals surface area contributed by atoms with Gasteiger partial charge in [0.15, 0.2) is 0 Å². The van der Waals surface area contributed by atoms with Crippen LogP contribution in [0.1, 0.15) is 53.1 Å². The van der Waals surface area contributed by atoms with Gasteiger partial charge in [-0.05, 0) is 35.8 Å². The van der Waals surface area contributed by atoms with E-state index < -0.39 is 0 Å². The van der Waals surface area contributed by atoms with Crippen LogP contribution < -0.4 is 5.32 Å². The highest BCUT2D eigenvalue weighted by molar-refractivity contribution is 5.19. The molecule has 1 unspecified atom stereocenters. The Bertz CT molecular complexity index is 332. The molecule has 0 aliphatic heterocycles. The van der Waals surface area contributed by atoms with Gasteiger partial charge >= 0.3 is 0 Å². The molecule has 1 aromatic carbocycles. The van der Waals surface area contributed by atoms with Crippen LogP contribution in [0.4, 0.5) is 0 Å². The molecule has 1 nitrogen and oxygen atoms in total. The van der Waals surface area contributed by atoms with Gasteiger partial charge in [-0.25, -0.2) is 0 Å². The minimum absolute atomic E-state index is 0.459. The van der Waals surface area contributed by atoms with Gasteiger partial charge in [0.2, 0.25) is 0 Å². The number of rotatable bonds is 7. The molecule has 0 amide bonds. The van der Waals surface area contributed by atoms with Crippen molar-refractivity contribution in [3.63, 3.8) is 0 Å². The third-order valence-corrected chi connectivity index (χ3v) is 4.11. The van der Waals surface area contributed by atoms with Crippen LogP contribution in [0.3, 0.4) is 0 Å². The Balaban J connectivity index is 2.70. The van der Waals surface area contributed by atoms with E-state index >= 15 is 0 Å². The van der Waals surface area contributed by atoms with Crippen molar-refractivity contribution in [1.82, 2.24) is 5.32 Å². The molecule has 0 radical (unpaired) electrons. The lowest BCUT2D eigenvalue weighted by atomic mass is 9.85. The fourth-order valence-corrected chi connectivity index (χ4v) is 2.90. The molecule has 1 aromatic rings. The number of hydrogen-bond donors (Lipinski definition) is 1. The summed E-state index contributed by atoms with van der Waals surface area (Å²) in [6.07, 6.45) is 0. The maximum Gasteiger partial charge on any atom is 0.0343 e. The largest absolute Gasteiger partial charge is 0.309 e. The second kappa shape index (κ2) is 7.69. The van der Waals surface area contributed by atoms with Crippen molar-refractivity contribution < 1.29 is 0 Å². The van der Waals surface area contributed by atoms with Crippen molar-refractivity contribution in [1.29, 1.82) is 0 Å². The van der Waals surface area contributed by atoms with Gasteiger partial charge in [-0.2, -0.15) is 0 Å². The first-order valence-electron chi connectivity index (χ1n) is 7.71. The molecule has 0 fully saturated rings. The molecule has 0 saturated carbocycles. The summed E-state index contributed by atoms with van der Waals surface area (Å²) in [6.45, 7) is 15.0. The normalized spacial score (nSPS) is 13.8. The predicted octanol–water partition coefficient (Wildman–Crippen LogP) is 4.90. The van der Waals surface area contributed by atoms with E-state index in [-0.39, 0.29) is 0 Å². The molecule has 1 heteroatoms. The standard InChI is InChI=1S/C18H31N/c1-13(2)17(14(3)4)12-19-18(15(5)6)16-10-8-7-9-11-16/h7-11,13-15,17-19H,12H2,1-6H3. The van der Waals surface area contributed by atoms with Crippen LogP contribution in [0.5, 0.6) is 0 Å². The van der Waals surface area contributed by atoms with Gasteiger partial charge in [0.25, 0.3) is 0 Å². The molecule has 0 heterocycles. The predicted molar refractivity (Wildman–Crippen MR) is 85.2 cm³/mol. The first-order valence-corrected chi connectivity index (χ1v) is 7.71. The zero-order valence-electron chi connectivity index (χ0n) is 13.5. The summed E-state index contributed by atoms with van der Waals surface area (Å²) in [5.41, 5.74) is 1.41. The van der Waals surface area contributed by atoms with Crippen molar-refractivity contribution in [2.24, 2.45) is 23.7 Å². The Morgan fingerprint density at radius 2 is 1.32 bits per heavy atom. The number of benzene rings is 1. The van der Waals surface area contributed by atoms with Crippen molar-refractivity contribution in [2.75, 3.05) is 6.54 Å². The summed E-state index contributed by atoms with van der Waals surface area (Å²) in [5, 5.41) is 3.80. The first kappa shape index (κ1) is 16.2. The van der Waals surface area contributed by atoms with Crippen LogP contribution in [0.2, 0.25) is 0 Å². The lowest BCUT2D eigenvalue weighted by molar-refractivity contribution is 0.253. The molecule has 1 N–H and O–H groups in total. The molecule has 0 saturated heterocycles. The molecule has 0 aromatic heterocycles. The van der Waals surface area contributed by atoms with Crippen LogP contribution in [0.25, 0.3) is 0 Å². The molecular formula is C18H31N. The van der Waals surface area contributed by atoms with Gasteiger partial charge in [-0.1, -0.05) is 71.9 Å². The lowest BCUT2D eigenvalue weighted by Gasteiger charge is -2.30. The molecule has 108 valence electrons. The van der Waals surface area contributed by atoms with Crippen molar-refractivity contribution in [3.05, 3.63) is 35.9 Å². The second-order valence-electron chi connectivity index (χ2n) is 6.69. The summed E-state index contributed by atoms with van der Waals surface area (Å²) in [5.74, 6) is 2.82. The Morgan fingerprint density at radius 1 is 0.789 bits per heavy atom. The van der Waals surface area contributed by atoms with Crippen LogP contribution >= 0.6 is 0 Å². The van der Waals surface area contributed by atoms with Crippen molar-refractivity contribution >= 4 is 0 Å². The molecule has 19 heavy (non-hydrogen) atoms. The molecule has 0 aliphatic carbocycles. The summed E-state index contributed by atoms with van der Waals surface area (Å²) in [7, 11) is 0. The van der Waals surface area contributed by atoms with E-state index in [0.717, 1.165) is 24.3 Å². The van der Waals surface area contributed by atoms with E-state index in [1.807, 2.05) is 0 Å². The van der Waals surface area contributed by atoms with E-state index in [9.17, 15) is 0 Å². The van der Waals surface area contributed by atoms with Crippen LogP contribution in [-0.2, 0) is 0 Å². The van der Waals surface area contributed by atoms with Crippen LogP contribution in [0, 0.1) is 23.7 Å². The molecular weight excluding hydrogens is 230 g/mol. The second-order valence-corrected chi connectivity index (χ2v) is 6.69. The Hall–Kier alpha value is -0.820. The first-order chi connectivity index (χ1) is 8.93. The maximum absolute atomic E-state index is 3.80. The zero-order valence-corrected chi connectivity index (χ0v) is 13.5. The van der Waals surface area contributed by atoms with Crippen molar-refractivity contribution in [3.8, 4) is 0 Å². The molecule has 1 atom stereocenters. The van der Waals surface area contributed by atoms with E-state index in [1.54, 1.807) is 0 Å². The van der Waals surface area contributed by atoms with Gasteiger partial charge in [-0.3, -0.25) is 0 Å². The molecule has 0 aliphatic rings. The van der Waals surface area contributed by atoms with Gasteiger partial charge in [0.1, 0.15) is 0 Å². The Labute approximate surface area is 119 Å². The van der Waals surface area contributed by atoms with Crippen molar-refractivity contribution in [2.45, 2.75) is 47.6 Å². The fourth-order valence-electron chi connectivity index (χ4n) is 2.90. The third-order valence-electron chi connectivity index (χ3n) is 4.11. The van der Waals surface area contributed by atoms with Gasteiger partial charge in [0, 0.05) is 6.04 Å². The van der Waals surface area contributed by atoms with Crippen LogP contribution in [0.15, 0.2) is 30.3 Å². The maximum atomic E-state index is 3.80. The highest BCUT2D eigenvalue weighted by atomic mass is 14.9. The highest BCUT2D eigenvalue weighted by Crippen LogP contribution is 2.24. The summed E-state index contributed by atoms with van der Waals surface area (Å²) >= 11 is 0.